The Balaban J connectivity index is 1.87. The first-order chi connectivity index (χ1) is 14.7. The van der Waals surface area contributed by atoms with Crippen molar-refractivity contribution in [3.05, 3.63) is 59.7 Å². The highest BCUT2D eigenvalue weighted by Crippen LogP contribution is 2.50. The molecule has 0 aliphatic carbocycles. The molecule has 0 saturated carbocycles. The molecule has 0 N–H and O–H groups in total. The molecule has 3 rings (SSSR count). The van der Waals surface area contributed by atoms with E-state index >= 15 is 0 Å². The molecule has 1 aliphatic rings. The van der Waals surface area contributed by atoms with Crippen molar-refractivity contribution < 1.29 is 31.4 Å². The second-order valence-corrected chi connectivity index (χ2v) is 7.43. The highest BCUT2D eigenvalue weighted by Gasteiger charge is 2.64. The number of alkyl halides is 5. The molecule has 31 heavy (non-hydrogen) atoms. The Kier molecular flexibility index (Phi) is 7.06. The summed E-state index contributed by atoms with van der Waals surface area (Å²) in [7, 11) is 2.61. The maximum Gasteiger partial charge on any atom is 0.455 e. The summed E-state index contributed by atoms with van der Waals surface area (Å²) in [6, 6.07) is 11.3. The molecule has 1 saturated heterocycles. The molecule has 0 radical (unpaired) electrons. The molecule has 1 aliphatic heterocycles. The van der Waals surface area contributed by atoms with Gasteiger partial charge in [0.15, 0.2) is 0 Å². The van der Waals surface area contributed by atoms with Gasteiger partial charge >= 0.3 is 12.1 Å². The zero-order chi connectivity index (χ0) is 22.6. The largest absolute Gasteiger partial charge is 0.497 e. The minimum absolute atomic E-state index is 0.0678. The van der Waals surface area contributed by atoms with Gasteiger partial charge in [-0.25, -0.2) is 0 Å². The van der Waals surface area contributed by atoms with Gasteiger partial charge in [-0.3, -0.25) is 9.80 Å². The molecule has 1 unspecified atom stereocenters. The van der Waals surface area contributed by atoms with Crippen LogP contribution in [-0.4, -0.2) is 62.3 Å². The van der Waals surface area contributed by atoms with E-state index in [4.69, 9.17) is 9.47 Å². The van der Waals surface area contributed by atoms with Crippen molar-refractivity contribution >= 4 is 0 Å². The third-order valence-corrected chi connectivity index (χ3v) is 5.48. The fourth-order valence-electron chi connectivity index (χ4n) is 3.84. The monoisotopic (exact) mass is 444 g/mol. The summed E-state index contributed by atoms with van der Waals surface area (Å²) in [5.41, 5.74) is 0.840. The molecule has 0 aromatic heterocycles. The molecule has 2 aromatic carbocycles. The minimum atomic E-state index is -5.70. The van der Waals surface area contributed by atoms with E-state index in [1.807, 2.05) is 35.2 Å². The predicted molar refractivity (Wildman–Crippen MR) is 107 cm³/mol. The Morgan fingerprint density at radius 1 is 0.871 bits per heavy atom. The SMILES string of the molecule is COc1ccc(C(N2CCN(Cc3ccccc3)CC2)C(F)(F)C(F)(F)F)c(OC)c1. The number of rotatable bonds is 7. The number of ether oxygens (including phenoxy) is 2. The summed E-state index contributed by atoms with van der Waals surface area (Å²) in [4.78, 5) is 3.24. The highest BCUT2D eigenvalue weighted by atomic mass is 19.4. The average molecular weight is 444 g/mol. The Bertz CT molecular complexity index is 853. The van der Waals surface area contributed by atoms with E-state index in [0.717, 1.165) is 5.56 Å². The fourth-order valence-corrected chi connectivity index (χ4v) is 3.84. The lowest BCUT2D eigenvalue weighted by Gasteiger charge is -2.42. The third kappa shape index (κ3) is 5.10. The van der Waals surface area contributed by atoms with Gasteiger partial charge in [-0.05, 0) is 17.7 Å². The first-order valence-corrected chi connectivity index (χ1v) is 9.84. The second kappa shape index (κ2) is 9.40. The number of benzene rings is 2. The number of piperazine rings is 1. The van der Waals surface area contributed by atoms with Crippen LogP contribution in [0, 0.1) is 0 Å². The lowest BCUT2D eigenvalue weighted by Crippen LogP contribution is -2.55. The van der Waals surface area contributed by atoms with Crippen LogP contribution in [0.3, 0.4) is 0 Å². The molecule has 0 bridgehead atoms. The van der Waals surface area contributed by atoms with E-state index in [1.165, 1.54) is 37.3 Å². The number of methoxy groups -OCH3 is 2. The van der Waals surface area contributed by atoms with Gasteiger partial charge < -0.3 is 9.47 Å². The van der Waals surface area contributed by atoms with Crippen LogP contribution in [0.5, 0.6) is 11.5 Å². The number of hydrogen-bond acceptors (Lipinski definition) is 4. The van der Waals surface area contributed by atoms with Gasteiger partial charge in [0.05, 0.1) is 14.2 Å². The van der Waals surface area contributed by atoms with Gasteiger partial charge in [0.25, 0.3) is 0 Å². The van der Waals surface area contributed by atoms with Crippen LogP contribution in [0.25, 0.3) is 0 Å². The minimum Gasteiger partial charge on any atom is -0.497 e. The molecule has 2 aromatic rings. The predicted octanol–water partition coefficient (Wildman–Crippen LogP) is 4.76. The molecular formula is C22H25F5N2O2. The Labute approximate surface area is 178 Å². The summed E-state index contributed by atoms with van der Waals surface area (Å²) in [5.74, 6) is -4.72. The second-order valence-electron chi connectivity index (χ2n) is 7.43. The molecule has 1 atom stereocenters. The van der Waals surface area contributed by atoms with Crippen molar-refractivity contribution in [2.24, 2.45) is 0 Å². The lowest BCUT2D eigenvalue weighted by molar-refractivity contribution is -0.306. The fraction of sp³-hybridized carbons (Fsp3) is 0.455. The van der Waals surface area contributed by atoms with Crippen molar-refractivity contribution in [3.63, 3.8) is 0 Å². The van der Waals surface area contributed by atoms with E-state index in [2.05, 4.69) is 0 Å². The van der Waals surface area contributed by atoms with Gasteiger partial charge in [0.2, 0.25) is 0 Å². The van der Waals surface area contributed by atoms with Crippen LogP contribution in [-0.2, 0) is 6.54 Å². The van der Waals surface area contributed by atoms with Gasteiger partial charge in [0.1, 0.15) is 17.5 Å². The zero-order valence-corrected chi connectivity index (χ0v) is 17.3. The first kappa shape index (κ1) is 23.3. The lowest BCUT2D eigenvalue weighted by atomic mass is 9.96. The Hall–Kier alpha value is -2.39. The van der Waals surface area contributed by atoms with Crippen molar-refractivity contribution in [2.75, 3.05) is 40.4 Å². The van der Waals surface area contributed by atoms with Gasteiger partial charge in [-0.1, -0.05) is 30.3 Å². The number of hydrogen-bond donors (Lipinski definition) is 0. The molecule has 1 fully saturated rings. The van der Waals surface area contributed by atoms with Crippen LogP contribution < -0.4 is 9.47 Å². The smallest absolute Gasteiger partial charge is 0.455 e. The maximum atomic E-state index is 14.7. The van der Waals surface area contributed by atoms with Crippen LogP contribution in [0.1, 0.15) is 17.2 Å². The van der Waals surface area contributed by atoms with E-state index in [-0.39, 0.29) is 24.4 Å². The summed E-state index contributed by atoms with van der Waals surface area (Å²) in [6.07, 6.45) is -5.70. The zero-order valence-electron chi connectivity index (χ0n) is 17.3. The topological polar surface area (TPSA) is 24.9 Å². The molecule has 0 spiro atoms. The van der Waals surface area contributed by atoms with E-state index in [9.17, 15) is 22.0 Å². The van der Waals surface area contributed by atoms with Crippen molar-refractivity contribution in [1.82, 2.24) is 9.80 Å². The Morgan fingerprint density at radius 2 is 1.52 bits per heavy atom. The van der Waals surface area contributed by atoms with E-state index < -0.39 is 18.1 Å². The molecule has 9 heteroatoms. The van der Waals surface area contributed by atoms with Crippen LogP contribution in [0.4, 0.5) is 22.0 Å². The molecule has 1 heterocycles. The summed E-state index contributed by atoms with van der Waals surface area (Å²) >= 11 is 0. The van der Waals surface area contributed by atoms with Crippen molar-refractivity contribution in [1.29, 1.82) is 0 Å². The number of halogens is 5. The summed E-state index contributed by atoms with van der Waals surface area (Å²) in [6.45, 7) is 1.49. The molecule has 0 amide bonds. The van der Waals surface area contributed by atoms with Crippen LogP contribution in [0.15, 0.2) is 48.5 Å². The number of nitrogens with zero attached hydrogens (tertiary/aromatic N) is 2. The normalized spacial score (nSPS) is 17.4. The van der Waals surface area contributed by atoms with Crippen LogP contribution in [0.2, 0.25) is 0 Å². The van der Waals surface area contributed by atoms with E-state index in [1.54, 1.807) is 0 Å². The standard InChI is InChI=1S/C22H25F5N2O2/c1-30-17-8-9-18(19(14-17)31-2)20(21(23,24)22(25,26)27)29-12-10-28(11-13-29)15-16-6-4-3-5-7-16/h3-9,14,20H,10-13,15H2,1-2H3. The first-order valence-electron chi connectivity index (χ1n) is 9.84. The summed E-state index contributed by atoms with van der Waals surface area (Å²) in [5, 5.41) is 0. The molecule has 170 valence electrons. The van der Waals surface area contributed by atoms with Crippen molar-refractivity contribution in [2.45, 2.75) is 24.7 Å². The van der Waals surface area contributed by atoms with E-state index in [0.29, 0.717) is 25.4 Å². The van der Waals surface area contributed by atoms with Gasteiger partial charge in [0, 0.05) is 44.4 Å². The average Bonchev–Trinajstić information content (AvgIpc) is 2.75. The maximum absolute atomic E-state index is 14.7. The summed E-state index contributed by atoms with van der Waals surface area (Å²) < 4.78 is 79.9. The van der Waals surface area contributed by atoms with Gasteiger partial charge in [-0.15, -0.1) is 0 Å². The Morgan fingerprint density at radius 3 is 2.06 bits per heavy atom. The highest BCUT2D eigenvalue weighted by molar-refractivity contribution is 5.43. The quantitative estimate of drug-likeness (QED) is 0.575. The molecular weight excluding hydrogens is 419 g/mol. The van der Waals surface area contributed by atoms with Crippen molar-refractivity contribution in [3.8, 4) is 11.5 Å². The molecule has 4 nitrogen and oxygen atoms in total. The van der Waals surface area contributed by atoms with Crippen LogP contribution >= 0.6 is 0 Å². The van der Waals surface area contributed by atoms with Gasteiger partial charge in [-0.2, -0.15) is 22.0 Å². The third-order valence-electron chi connectivity index (χ3n) is 5.48.